The van der Waals surface area contributed by atoms with E-state index >= 15 is 0 Å². The van der Waals surface area contributed by atoms with E-state index in [2.05, 4.69) is 10.4 Å². The number of fused-ring (bicyclic) bond motifs is 1. The van der Waals surface area contributed by atoms with Gasteiger partial charge in [0.25, 0.3) is 0 Å². The Labute approximate surface area is 132 Å². The standard InChI is InChI=1S/C15H24N4O.ClH/c1-19-13-7-5-6-12(11(13)10-17-19)18-14(20)15(16)8-3-2-4-9-15;/h10,12H,2-9,16H2,1H3,(H,18,20);1H. The lowest BCUT2D eigenvalue weighted by molar-refractivity contribution is -0.128. The van der Waals surface area contributed by atoms with Gasteiger partial charge in [-0.25, -0.2) is 0 Å². The number of carbonyl (C=O) groups is 1. The first-order valence-electron chi connectivity index (χ1n) is 7.71. The molecule has 1 unspecified atom stereocenters. The van der Waals surface area contributed by atoms with E-state index in [0.29, 0.717) is 0 Å². The van der Waals surface area contributed by atoms with Crippen LogP contribution >= 0.6 is 12.4 Å². The van der Waals surface area contributed by atoms with Crippen molar-refractivity contribution in [3.05, 3.63) is 17.5 Å². The summed E-state index contributed by atoms with van der Waals surface area (Å²) in [6, 6.07) is 0.0855. The number of hydrogen-bond donors (Lipinski definition) is 2. The first kappa shape index (κ1) is 16.3. The van der Waals surface area contributed by atoms with Crippen molar-refractivity contribution < 1.29 is 4.79 Å². The summed E-state index contributed by atoms with van der Waals surface area (Å²) < 4.78 is 1.92. The number of nitrogens with zero attached hydrogens (tertiary/aromatic N) is 2. The third kappa shape index (κ3) is 3.09. The molecule has 5 nitrogen and oxygen atoms in total. The first-order valence-corrected chi connectivity index (χ1v) is 7.71. The Morgan fingerprint density at radius 2 is 2.10 bits per heavy atom. The van der Waals surface area contributed by atoms with Crippen molar-refractivity contribution in [2.75, 3.05) is 0 Å². The number of carbonyl (C=O) groups excluding carboxylic acids is 1. The molecule has 0 aromatic carbocycles. The van der Waals surface area contributed by atoms with Gasteiger partial charge in [0.1, 0.15) is 0 Å². The number of aryl methyl sites for hydroxylation is 1. The second kappa shape index (κ2) is 6.36. The van der Waals surface area contributed by atoms with E-state index in [1.807, 2.05) is 17.9 Å². The fraction of sp³-hybridized carbons (Fsp3) is 0.733. The minimum atomic E-state index is -0.655. The van der Waals surface area contributed by atoms with E-state index in [-0.39, 0.29) is 24.4 Å². The third-order valence-electron chi connectivity index (χ3n) is 4.88. The van der Waals surface area contributed by atoms with Gasteiger partial charge < -0.3 is 11.1 Å². The van der Waals surface area contributed by atoms with Crippen LogP contribution in [0.3, 0.4) is 0 Å². The highest BCUT2D eigenvalue weighted by Crippen LogP contribution is 2.31. The van der Waals surface area contributed by atoms with Gasteiger partial charge in [-0.1, -0.05) is 19.3 Å². The molecule has 1 aromatic rings. The second-order valence-corrected chi connectivity index (χ2v) is 6.31. The van der Waals surface area contributed by atoms with Gasteiger partial charge in [-0.3, -0.25) is 9.48 Å². The van der Waals surface area contributed by atoms with Crippen LogP contribution in [0.25, 0.3) is 0 Å². The molecule has 2 aliphatic rings. The lowest BCUT2D eigenvalue weighted by Gasteiger charge is -2.34. The van der Waals surface area contributed by atoms with Crippen LogP contribution in [0.2, 0.25) is 0 Å². The smallest absolute Gasteiger partial charge is 0.240 e. The van der Waals surface area contributed by atoms with E-state index in [1.165, 1.54) is 17.7 Å². The predicted octanol–water partition coefficient (Wildman–Crippen LogP) is 2.00. The molecule has 1 aromatic heterocycles. The maximum Gasteiger partial charge on any atom is 0.240 e. The number of rotatable bonds is 2. The minimum absolute atomic E-state index is 0. The molecule has 1 atom stereocenters. The summed E-state index contributed by atoms with van der Waals surface area (Å²) in [6.07, 6.45) is 9.96. The van der Waals surface area contributed by atoms with E-state index in [1.54, 1.807) is 0 Å². The van der Waals surface area contributed by atoms with E-state index < -0.39 is 5.54 Å². The molecule has 0 radical (unpaired) electrons. The van der Waals surface area contributed by atoms with Crippen LogP contribution in [0.5, 0.6) is 0 Å². The fourth-order valence-corrected chi connectivity index (χ4v) is 3.57. The van der Waals surface area contributed by atoms with Crippen LogP contribution in [0.1, 0.15) is 62.2 Å². The Kier molecular flexibility index (Phi) is 4.94. The van der Waals surface area contributed by atoms with Crippen molar-refractivity contribution in [2.24, 2.45) is 12.8 Å². The molecule has 3 N–H and O–H groups in total. The van der Waals surface area contributed by atoms with Gasteiger partial charge in [-0.15, -0.1) is 12.4 Å². The zero-order valence-corrected chi connectivity index (χ0v) is 13.4. The normalized spacial score (nSPS) is 23.8. The van der Waals surface area contributed by atoms with Gasteiger partial charge in [0.15, 0.2) is 0 Å². The average molecular weight is 313 g/mol. The second-order valence-electron chi connectivity index (χ2n) is 6.31. The van der Waals surface area contributed by atoms with Crippen LogP contribution in [-0.2, 0) is 18.3 Å². The van der Waals surface area contributed by atoms with Crippen LogP contribution < -0.4 is 11.1 Å². The molecule has 21 heavy (non-hydrogen) atoms. The van der Waals surface area contributed by atoms with Crippen molar-refractivity contribution >= 4 is 18.3 Å². The summed E-state index contributed by atoms with van der Waals surface area (Å²) in [5.74, 6) is 0.0268. The summed E-state index contributed by atoms with van der Waals surface area (Å²) >= 11 is 0. The molecule has 1 heterocycles. The molecule has 118 valence electrons. The average Bonchev–Trinajstić information content (AvgIpc) is 2.83. The van der Waals surface area contributed by atoms with Crippen molar-refractivity contribution in [1.29, 1.82) is 0 Å². The van der Waals surface area contributed by atoms with E-state index in [4.69, 9.17) is 5.73 Å². The zero-order chi connectivity index (χ0) is 14.2. The molecule has 0 saturated heterocycles. The Morgan fingerprint density at radius 1 is 1.38 bits per heavy atom. The number of aromatic nitrogens is 2. The molecular weight excluding hydrogens is 288 g/mol. The van der Waals surface area contributed by atoms with Gasteiger partial charge in [0.05, 0.1) is 17.8 Å². The molecule has 1 fully saturated rings. The van der Waals surface area contributed by atoms with E-state index in [9.17, 15) is 4.79 Å². The van der Waals surface area contributed by atoms with Crippen molar-refractivity contribution in [3.8, 4) is 0 Å². The summed E-state index contributed by atoms with van der Waals surface area (Å²) in [7, 11) is 1.97. The Balaban J connectivity index is 0.00000161. The lowest BCUT2D eigenvalue weighted by atomic mass is 9.81. The topological polar surface area (TPSA) is 72.9 Å². The highest BCUT2D eigenvalue weighted by atomic mass is 35.5. The molecule has 0 bridgehead atoms. The summed E-state index contributed by atoms with van der Waals surface area (Å²) in [5, 5.41) is 7.50. The summed E-state index contributed by atoms with van der Waals surface area (Å²) in [6.45, 7) is 0. The molecular formula is C15H25ClN4O. The van der Waals surface area contributed by atoms with Crippen molar-refractivity contribution in [2.45, 2.75) is 62.9 Å². The number of halogens is 1. The van der Waals surface area contributed by atoms with Gasteiger partial charge in [0.2, 0.25) is 5.91 Å². The number of nitrogens with one attached hydrogen (secondary N) is 1. The molecule has 6 heteroatoms. The Bertz CT molecular complexity index is 508. The Morgan fingerprint density at radius 3 is 2.81 bits per heavy atom. The van der Waals surface area contributed by atoms with Gasteiger partial charge in [0, 0.05) is 18.3 Å². The SMILES string of the molecule is Cl.Cn1ncc2c1CCCC2NC(=O)C1(N)CCCCC1. The fourth-order valence-electron chi connectivity index (χ4n) is 3.57. The molecule has 1 saturated carbocycles. The summed E-state index contributed by atoms with van der Waals surface area (Å²) in [5.41, 5.74) is 8.08. The molecule has 2 aliphatic carbocycles. The van der Waals surface area contributed by atoms with Crippen molar-refractivity contribution in [1.82, 2.24) is 15.1 Å². The predicted molar refractivity (Wildman–Crippen MR) is 84.3 cm³/mol. The first-order chi connectivity index (χ1) is 9.60. The van der Waals surface area contributed by atoms with Crippen LogP contribution in [0.4, 0.5) is 0 Å². The maximum atomic E-state index is 12.5. The largest absolute Gasteiger partial charge is 0.348 e. The molecule has 0 aliphatic heterocycles. The van der Waals surface area contributed by atoms with Gasteiger partial charge in [-0.05, 0) is 32.1 Å². The summed E-state index contributed by atoms with van der Waals surface area (Å²) in [4.78, 5) is 12.5. The van der Waals surface area contributed by atoms with E-state index in [0.717, 1.165) is 44.9 Å². The number of nitrogens with two attached hydrogens (primary N) is 1. The van der Waals surface area contributed by atoms with Crippen LogP contribution in [-0.4, -0.2) is 21.2 Å². The quantitative estimate of drug-likeness (QED) is 0.877. The number of hydrogen-bond acceptors (Lipinski definition) is 3. The minimum Gasteiger partial charge on any atom is -0.348 e. The molecule has 3 rings (SSSR count). The van der Waals surface area contributed by atoms with Crippen LogP contribution in [0.15, 0.2) is 6.20 Å². The van der Waals surface area contributed by atoms with Gasteiger partial charge >= 0.3 is 0 Å². The maximum absolute atomic E-state index is 12.5. The molecule has 1 amide bonds. The van der Waals surface area contributed by atoms with Crippen molar-refractivity contribution in [3.63, 3.8) is 0 Å². The van der Waals surface area contributed by atoms with Crippen LogP contribution in [0, 0.1) is 0 Å². The van der Waals surface area contributed by atoms with Gasteiger partial charge in [-0.2, -0.15) is 5.10 Å². The Hall–Kier alpha value is -1.07. The monoisotopic (exact) mass is 312 g/mol. The molecule has 0 spiro atoms. The zero-order valence-electron chi connectivity index (χ0n) is 12.6. The lowest BCUT2D eigenvalue weighted by Crippen LogP contribution is -2.55. The highest BCUT2D eigenvalue weighted by Gasteiger charge is 2.37. The number of amides is 1. The highest BCUT2D eigenvalue weighted by molar-refractivity contribution is 5.86. The third-order valence-corrected chi connectivity index (χ3v) is 4.88.